The number of hydrogen-bond acceptors (Lipinski definition) is 1. The van der Waals surface area contributed by atoms with Crippen LogP contribution in [0, 0.1) is 24.4 Å². The third-order valence-electron chi connectivity index (χ3n) is 2.89. The Labute approximate surface area is 117 Å². The Morgan fingerprint density at radius 3 is 2.32 bits per heavy atom. The van der Waals surface area contributed by atoms with Crippen LogP contribution in [0.5, 0.6) is 0 Å². The molecule has 19 heavy (non-hydrogen) atoms. The van der Waals surface area contributed by atoms with Gasteiger partial charge in [0, 0.05) is 5.56 Å². The molecule has 2 aromatic carbocycles. The molecule has 0 saturated heterocycles. The monoisotopic (exact) mass is 329 g/mol. The van der Waals surface area contributed by atoms with Crippen LogP contribution in [0.15, 0.2) is 34.8 Å². The van der Waals surface area contributed by atoms with Crippen molar-refractivity contribution in [3.05, 3.63) is 68.9 Å². The predicted octanol–water partition coefficient (Wildman–Crippen LogP) is 4.22. The van der Waals surface area contributed by atoms with Gasteiger partial charge in [-0.2, -0.15) is 0 Å². The van der Waals surface area contributed by atoms with Crippen molar-refractivity contribution in [1.29, 1.82) is 0 Å². The van der Waals surface area contributed by atoms with Crippen LogP contribution in [0.4, 0.5) is 13.2 Å². The van der Waals surface area contributed by atoms with E-state index >= 15 is 0 Å². The van der Waals surface area contributed by atoms with Crippen molar-refractivity contribution >= 4 is 15.9 Å². The maximum atomic E-state index is 13.8. The van der Waals surface area contributed by atoms with Crippen LogP contribution in [-0.4, -0.2) is 0 Å². The van der Waals surface area contributed by atoms with Gasteiger partial charge in [-0.05, 0) is 40.5 Å². The summed E-state index contributed by atoms with van der Waals surface area (Å²) in [5.74, 6) is -2.48. The van der Waals surface area contributed by atoms with Crippen LogP contribution in [0.3, 0.4) is 0 Å². The molecule has 1 unspecified atom stereocenters. The second-order valence-electron chi connectivity index (χ2n) is 4.27. The Morgan fingerprint density at radius 2 is 1.63 bits per heavy atom. The first kappa shape index (κ1) is 14.1. The number of aryl methyl sites for hydroxylation is 1. The normalized spacial score (nSPS) is 12.5. The zero-order valence-electron chi connectivity index (χ0n) is 10.1. The molecule has 0 heterocycles. The van der Waals surface area contributed by atoms with Gasteiger partial charge in [-0.1, -0.05) is 23.8 Å². The molecule has 2 N–H and O–H groups in total. The molecule has 1 atom stereocenters. The quantitative estimate of drug-likeness (QED) is 0.820. The average molecular weight is 330 g/mol. The van der Waals surface area contributed by atoms with E-state index in [0.717, 1.165) is 11.6 Å². The van der Waals surface area contributed by atoms with Gasteiger partial charge in [-0.3, -0.25) is 0 Å². The Balaban J connectivity index is 2.53. The predicted molar refractivity (Wildman–Crippen MR) is 71.2 cm³/mol. The lowest BCUT2D eigenvalue weighted by molar-refractivity contribution is 0.501. The van der Waals surface area contributed by atoms with Crippen LogP contribution in [0.25, 0.3) is 0 Å². The van der Waals surface area contributed by atoms with Gasteiger partial charge in [0.1, 0.15) is 5.82 Å². The molecule has 0 aliphatic carbocycles. The number of halogens is 4. The van der Waals surface area contributed by atoms with Crippen LogP contribution >= 0.6 is 15.9 Å². The van der Waals surface area contributed by atoms with E-state index < -0.39 is 23.5 Å². The molecule has 0 amide bonds. The first-order valence-corrected chi connectivity index (χ1v) is 6.36. The zero-order chi connectivity index (χ0) is 14.2. The van der Waals surface area contributed by atoms with E-state index in [1.807, 2.05) is 0 Å². The van der Waals surface area contributed by atoms with E-state index in [0.29, 0.717) is 5.56 Å². The lowest BCUT2D eigenvalue weighted by Gasteiger charge is -2.16. The molecular formula is C14H11BrF3N. The fourth-order valence-corrected chi connectivity index (χ4v) is 2.42. The van der Waals surface area contributed by atoms with E-state index in [-0.39, 0.29) is 10.0 Å². The standard InChI is InChI=1S/C14H11BrF3N/c1-7-2-4-10(16)9(6-7)14(19)8-3-5-11(17)13(18)12(8)15/h2-6,14H,19H2,1H3. The zero-order valence-corrected chi connectivity index (χ0v) is 11.6. The van der Waals surface area contributed by atoms with Crippen molar-refractivity contribution < 1.29 is 13.2 Å². The Bertz CT molecular complexity index is 628. The SMILES string of the molecule is Cc1ccc(F)c(C(N)c2ccc(F)c(F)c2Br)c1. The minimum absolute atomic E-state index is 0.0825. The van der Waals surface area contributed by atoms with Crippen LogP contribution in [0.1, 0.15) is 22.7 Å². The molecular weight excluding hydrogens is 319 g/mol. The molecule has 0 bridgehead atoms. The van der Waals surface area contributed by atoms with E-state index in [2.05, 4.69) is 15.9 Å². The maximum absolute atomic E-state index is 13.8. The lowest BCUT2D eigenvalue weighted by Crippen LogP contribution is -2.15. The molecule has 0 aromatic heterocycles. The molecule has 1 nitrogen and oxygen atoms in total. The van der Waals surface area contributed by atoms with E-state index in [4.69, 9.17) is 5.73 Å². The fraction of sp³-hybridized carbons (Fsp3) is 0.143. The second kappa shape index (κ2) is 5.35. The van der Waals surface area contributed by atoms with Gasteiger partial charge in [0.05, 0.1) is 10.5 Å². The molecule has 2 aromatic rings. The fourth-order valence-electron chi connectivity index (χ4n) is 1.85. The Hall–Kier alpha value is -1.33. The van der Waals surface area contributed by atoms with Crippen LogP contribution < -0.4 is 5.73 Å². The highest BCUT2D eigenvalue weighted by atomic mass is 79.9. The lowest BCUT2D eigenvalue weighted by atomic mass is 9.97. The summed E-state index contributed by atoms with van der Waals surface area (Å²) >= 11 is 2.95. The second-order valence-corrected chi connectivity index (χ2v) is 5.06. The topological polar surface area (TPSA) is 26.0 Å². The van der Waals surface area contributed by atoms with Crippen LogP contribution in [-0.2, 0) is 0 Å². The molecule has 0 spiro atoms. The highest BCUT2D eigenvalue weighted by Gasteiger charge is 2.20. The van der Waals surface area contributed by atoms with Crippen molar-refractivity contribution in [3.8, 4) is 0 Å². The number of benzene rings is 2. The van der Waals surface area contributed by atoms with Gasteiger partial charge in [-0.15, -0.1) is 0 Å². The first-order valence-electron chi connectivity index (χ1n) is 5.57. The molecule has 0 radical (unpaired) electrons. The van der Waals surface area contributed by atoms with Crippen molar-refractivity contribution in [2.24, 2.45) is 5.73 Å². The molecule has 100 valence electrons. The molecule has 0 aliphatic heterocycles. The summed E-state index contributed by atoms with van der Waals surface area (Å²) in [5.41, 5.74) is 7.32. The third-order valence-corrected chi connectivity index (χ3v) is 3.69. The summed E-state index contributed by atoms with van der Waals surface area (Å²) in [7, 11) is 0. The number of rotatable bonds is 2. The third kappa shape index (κ3) is 2.67. The first-order chi connectivity index (χ1) is 8.91. The number of nitrogens with two attached hydrogens (primary N) is 1. The largest absolute Gasteiger partial charge is 0.320 e. The Morgan fingerprint density at radius 1 is 1.00 bits per heavy atom. The summed E-state index contributed by atoms with van der Waals surface area (Å²) in [5, 5.41) is 0. The Kier molecular flexibility index (Phi) is 3.96. The van der Waals surface area contributed by atoms with E-state index in [1.54, 1.807) is 19.1 Å². The molecule has 0 saturated carbocycles. The van der Waals surface area contributed by atoms with Crippen molar-refractivity contribution in [3.63, 3.8) is 0 Å². The van der Waals surface area contributed by atoms with Gasteiger partial charge in [0.15, 0.2) is 11.6 Å². The molecule has 0 aliphatic rings. The van der Waals surface area contributed by atoms with E-state index in [1.165, 1.54) is 12.1 Å². The van der Waals surface area contributed by atoms with Gasteiger partial charge < -0.3 is 5.73 Å². The smallest absolute Gasteiger partial charge is 0.173 e. The summed E-state index contributed by atoms with van der Waals surface area (Å²) < 4.78 is 40.2. The summed E-state index contributed by atoms with van der Waals surface area (Å²) in [6.45, 7) is 1.80. The highest BCUT2D eigenvalue weighted by Crippen LogP contribution is 2.31. The minimum atomic E-state index is -1.03. The van der Waals surface area contributed by atoms with Crippen molar-refractivity contribution in [1.82, 2.24) is 0 Å². The van der Waals surface area contributed by atoms with Gasteiger partial charge >= 0.3 is 0 Å². The van der Waals surface area contributed by atoms with Crippen LogP contribution in [0.2, 0.25) is 0 Å². The van der Waals surface area contributed by atoms with E-state index in [9.17, 15) is 13.2 Å². The van der Waals surface area contributed by atoms with Gasteiger partial charge in [0.2, 0.25) is 0 Å². The molecule has 0 fully saturated rings. The van der Waals surface area contributed by atoms with Crippen molar-refractivity contribution in [2.75, 3.05) is 0 Å². The van der Waals surface area contributed by atoms with Crippen molar-refractivity contribution in [2.45, 2.75) is 13.0 Å². The summed E-state index contributed by atoms with van der Waals surface area (Å²) in [6, 6.07) is 5.96. The average Bonchev–Trinajstić information content (AvgIpc) is 2.38. The summed E-state index contributed by atoms with van der Waals surface area (Å²) in [4.78, 5) is 0. The minimum Gasteiger partial charge on any atom is -0.320 e. The molecule has 5 heteroatoms. The van der Waals surface area contributed by atoms with Gasteiger partial charge in [-0.25, -0.2) is 13.2 Å². The molecule has 2 rings (SSSR count). The summed E-state index contributed by atoms with van der Waals surface area (Å²) in [6.07, 6.45) is 0. The highest BCUT2D eigenvalue weighted by molar-refractivity contribution is 9.10. The van der Waals surface area contributed by atoms with Gasteiger partial charge in [0.25, 0.3) is 0 Å². The number of hydrogen-bond donors (Lipinski definition) is 1. The maximum Gasteiger partial charge on any atom is 0.173 e.